The number of carbonyl (C=O) groups excluding carboxylic acids is 1. The smallest absolute Gasteiger partial charge is 0.379 e. The van der Waals surface area contributed by atoms with E-state index >= 15 is 0 Å². The molecule has 0 saturated heterocycles. The maximum atomic E-state index is 13.2. The predicted molar refractivity (Wildman–Crippen MR) is 68.8 cm³/mol. The Morgan fingerprint density at radius 3 is 1.88 bits per heavy atom. The molecule has 0 fully saturated rings. The number of halogens is 9. The topological polar surface area (TPSA) is 38.3 Å². The summed E-state index contributed by atoms with van der Waals surface area (Å²) in [5, 5.41) is 1.24. The molecule has 0 radical (unpaired) electrons. The molecule has 0 aromatic rings. The third-order valence-electron chi connectivity index (χ3n) is 2.97. The van der Waals surface area contributed by atoms with Gasteiger partial charge in [0, 0.05) is 13.0 Å². The van der Waals surface area contributed by atoms with E-state index in [4.69, 9.17) is 4.74 Å². The number of hydrogen-bond acceptors (Lipinski definition) is 2. The van der Waals surface area contributed by atoms with Crippen LogP contribution in [0.2, 0.25) is 0 Å². The molecule has 1 amide bonds. The second kappa shape index (κ2) is 8.45. The molecule has 0 atom stereocenters. The van der Waals surface area contributed by atoms with E-state index in [9.17, 15) is 44.3 Å². The van der Waals surface area contributed by atoms with Crippen molar-refractivity contribution in [2.24, 2.45) is 0 Å². The largest absolute Gasteiger partial charge is 0.460 e. The van der Waals surface area contributed by atoms with Gasteiger partial charge in [-0.1, -0.05) is 0 Å². The highest BCUT2D eigenvalue weighted by Crippen LogP contribution is 2.52. The molecule has 0 bridgehead atoms. The SMILES string of the molecule is CC(C)OCCCCC(=O)NCC(F)(F)C(F)(F)C(F)(F)C(F)(F)F. The summed E-state index contributed by atoms with van der Waals surface area (Å²) in [5.74, 6) is -20.7. The van der Waals surface area contributed by atoms with Crippen molar-refractivity contribution < 1.29 is 49.0 Å². The highest BCUT2D eigenvalue weighted by atomic mass is 19.4. The minimum atomic E-state index is -6.96. The highest BCUT2D eigenvalue weighted by molar-refractivity contribution is 5.75. The molecule has 0 aliphatic carbocycles. The van der Waals surface area contributed by atoms with Crippen molar-refractivity contribution >= 4 is 5.91 Å². The average molecular weight is 391 g/mol. The van der Waals surface area contributed by atoms with Gasteiger partial charge in [-0.3, -0.25) is 4.79 Å². The van der Waals surface area contributed by atoms with Gasteiger partial charge in [0.2, 0.25) is 5.91 Å². The molecule has 0 saturated carbocycles. The van der Waals surface area contributed by atoms with Crippen LogP contribution in [0, 0.1) is 0 Å². The fourth-order valence-electron chi connectivity index (χ4n) is 1.52. The molecule has 0 aliphatic heterocycles. The van der Waals surface area contributed by atoms with Gasteiger partial charge in [-0.25, -0.2) is 0 Å². The van der Waals surface area contributed by atoms with Crippen molar-refractivity contribution in [1.82, 2.24) is 5.32 Å². The number of amides is 1. The zero-order valence-electron chi connectivity index (χ0n) is 13.3. The Morgan fingerprint density at radius 1 is 0.920 bits per heavy atom. The predicted octanol–water partition coefficient (Wildman–Crippen LogP) is 4.17. The van der Waals surface area contributed by atoms with Gasteiger partial charge in [0.05, 0.1) is 12.6 Å². The van der Waals surface area contributed by atoms with Crippen LogP contribution in [0.5, 0.6) is 0 Å². The molecule has 3 nitrogen and oxygen atoms in total. The molecule has 1 N–H and O–H groups in total. The van der Waals surface area contributed by atoms with Gasteiger partial charge in [0.1, 0.15) is 0 Å². The third kappa shape index (κ3) is 6.23. The van der Waals surface area contributed by atoms with Crippen molar-refractivity contribution in [1.29, 1.82) is 0 Å². The van der Waals surface area contributed by atoms with E-state index in [1.807, 2.05) is 0 Å². The number of unbranched alkanes of at least 4 members (excludes halogenated alkanes) is 1. The van der Waals surface area contributed by atoms with Crippen LogP contribution < -0.4 is 5.32 Å². The van der Waals surface area contributed by atoms with E-state index in [0.29, 0.717) is 6.42 Å². The first-order valence-corrected chi connectivity index (χ1v) is 7.14. The Labute approximate surface area is 137 Å². The Bertz CT molecular complexity index is 436. The quantitative estimate of drug-likeness (QED) is 0.449. The first-order valence-electron chi connectivity index (χ1n) is 7.14. The van der Waals surface area contributed by atoms with Crippen LogP contribution in [0.15, 0.2) is 0 Å². The lowest BCUT2D eigenvalue weighted by molar-refractivity contribution is -0.394. The minimum absolute atomic E-state index is 0.0787. The Kier molecular flexibility index (Phi) is 8.05. The maximum Gasteiger partial charge on any atom is 0.460 e. The highest BCUT2D eigenvalue weighted by Gasteiger charge is 2.81. The Hall–Kier alpha value is -1.20. The number of nitrogens with one attached hydrogen (secondary N) is 1. The zero-order valence-corrected chi connectivity index (χ0v) is 13.3. The molecular formula is C13H18F9NO2. The number of ether oxygens (including phenoxy) is 1. The standard InChI is InChI=1S/C13H18F9NO2/c1-8(2)25-6-4-3-5-9(24)23-7-10(14,15)11(16,17)12(18,19)13(20,21)22/h8H,3-7H2,1-2H3,(H,23,24). The molecule has 0 unspecified atom stereocenters. The minimum Gasteiger partial charge on any atom is -0.379 e. The van der Waals surface area contributed by atoms with Gasteiger partial charge in [-0.2, -0.15) is 39.5 Å². The Balaban J connectivity index is 4.59. The summed E-state index contributed by atoms with van der Waals surface area (Å²) < 4.78 is 118. The second-order valence-electron chi connectivity index (χ2n) is 5.50. The van der Waals surface area contributed by atoms with Crippen molar-refractivity contribution in [2.45, 2.75) is 63.2 Å². The van der Waals surface area contributed by atoms with E-state index < -0.39 is 42.8 Å². The van der Waals surface area contributed by atoms with E-state index in [0.717, 1.165) is 0 Å². The van der Waals surface area contributed by atoms with Crippen molar-refractivity contribution in [3.8, 4) is 0 Å². The van der Waals surface area contributed by atoms with Gasteiger partial charge in [0.15, 0.2) is 0 Å². The molecular weight excluding hydrogens is 373 g/mol. The number of carbonyl (C=O) groups is 1. The average Bonchev–Trinajstić information content (AvgIpc) is 2.42. The van der Waals surface area contributed by atoms with E-state index in [-0.39, 0.29) is 19.1 Å². The van der Waals surface area contributed by atoms with Crippen molar-refractivity contribution in [3.05, 3.63) is 0 Å². The first-order chi connectivity index (χ1) is 11.1. The molecule has 0 aromatic heterocycles. The van der Waals surface area contributed by atoms with Crippen molar-refractivity contribution in [2.75, 3.05) is 13.2 Å². The molecule has 0 spiro atoms. The van der Waals surface area contributed by atoms with Crippen LogP contribution >= 0.6 is 0 Å². The summed E-state index contributed by atoms with van der Waals surface area (Å²) >= 11 is 0. The molecule has 0 heterocycles. The van der Waals surface area contributed by atoms with Gasteiger partial charge in [-0.15, -0.1) is 0 Å². The van der Waals surface area contributed by atoms with E-state index in [2.05, 4.69) is 0 Å². The summed E-state index contributed by atoms with van der Waals surface area (Å²) in [5.41, 5.74) is 0. The lowest BCUT2D eigenvalue weighted by Crippen LogP contribution is -2.63. The van der Waals surface area contributed by atoms with Crippen LogP contribution in [-0.4, -0.2) is 49.1 Å². The molecule has 0 aliphatic rings. The first kappa shape index (κ1) is 23.8. The second-order valence-corrected chi connectivity index (χ2v) is 5.50. The van der Waals surface area contributed by atoms with Crippen LogP contribution in [0.25, 0.3) is 0 Å². The van der Waals surface area contributed by atoms with E-state index in [1.165, 1.54) is 5.32 Å². The Morgan fingerprint density at radius 2 is 1.44 bits per heavy atom. The summed E-state index contributed by atoms with van der Waals surface area (Å²) in [4.78, 5) is 11.2. The van der Waals surface area contributed by atoms with Crippen LogP contribution in [-0.2, 0) is 9.53 Å². The molecule has 0 aromatic carbocycles. The van der Waals surface area contributed by atoms with Crippen LogP contribution in [0.4, 0.5) is 39.5 Å². The van der Waals surface area contributed by atoms with Crippen LogP contribution in [0.3, 0.4) is 0 Å². The van der Waals surface area contributed by atoms with Gasteiger partial charge in [-0.05, 0) is 26.7 Å². The molecule has 0 rings (SSSR count). The molecule has 150 valence electrons. The van der Waals surface area contributed by atoms with Gasteiger partial charge < -0.3 is 10.1 Å². The monoisotopic (exact) mass is 391 g/mol. The number of hydrogen-bond donors (Lipinski definition) is 1. The summed E-state index contributed by atoms with van der Waals surface area (Å²) in [7, 11) is 0. The number of alkyl halides is 9. The zero-order chi connectivity index (χ0) is 20.1. The van der Waals surface area contributed by atoms with Crippen LogP contribution in [0.1, 0.15) is 33.1 Å². The van der Waals surface area contributed by atoms with Gasteiger partial charge in [0.25, 0.3) is 0 Å². The summed E-state index contributed by atoms with van der Waals surface area (Å²) in [6, 6.07) is 0. The fraction of sp³-hybridized carbons (Fsp3) is 0.923. The maximum absolute atomic E-state index is 13.2. The summed E-state index contributed by atoms with van der Waals surface area (Å²) in [6.45, 7) is 1.38. The normalized spacial score (nSPS) is 14.1. The lowest BCUT2D eigenvalue weighted by Gasteiger charge is -2.33. The lowest BCUT2D eigenvalue weighted by atomic mass is 10.0. The summed E-state index contributed by atoms with van der Waals surface area (Å²) in [6.07, 6.45) is -6.90. The fourth-order valence-corrected chi connectivity index (χ4v) is 1.52. The number of rotatable bonds is 10. The third-order valence-corrected chi connectivity index (χ3v) is 2.97. The van der Waals surface area contributed by atoms with E-state index in [1.54, 1.807) is 13.8 Å². The molecule has 25 heavy (non-hydrogen) atoms. The van der Waals surface area contributed by atoms with Gasteiger partial charge >= 0.3 is 23.9 Å². The van der Waals surface area contributed by atoms with Crippen molar-refractivity contribution in [3.63, 3.8) is 0 Å². The molecule has 12 heteroatoms.